The van der Waals surface area contributed by atoms with Gasteiger partial charge in [-0.05, 0) is 56.2 Å². The molecule has 1 saturated carbocycles. The number of piperazine rings is 1. The van der Waals surface area contributed by atoms with Gasteiger partial charge in [-0.25, -0.2) is 21.6 Å². The Hall–Kier alpha value is -1.79. The predicted octanol–water partition coefficient (Wildman–Crippen LogP) is 1.64. The maximum absolute atomic E-state index is 12.9. The van der Waals surface area contributed by atoms with Crippen LogP contribution >= 0.6 is 11.3 Å². The van der Waals surface area contributed by atoms with Crippen LogP contribution in [0.1, 0.15) is 27.4 Å². The third kappa shape index (κ3) is 4.45. The SMILES string of the molecule is Cc1ccc(C(=O)N2CCN(S(=O)(=O)c3ccc(S(=O)(=O)NC4CC4)cc3)CC2)s1. The zero-order valence-corrected chi connectivity index (χ0v) is 18.9. The molecule has 2 aromatic rings. The van der Waals surface area contributed by atoms with Crippen molar-refractivity contribution in [3.8, 4) is 0 Å². The summed E-state index contributed by atoms with van der Waals surface area (Å²) in [6.45, 7) is 2.95. The third-order valence-electron chi connectivity index (χ3n) is 5.15. The van der Waals surface area contributed by atoms with Crippen LogP contribution in [0.15, 0.2) is 46.2 Å². The minimum Gasteiger partial charge on any atom is -0.335 e. The summed E-state index contributed by atoms with van der Waals surface area (Å²) in [5, 5.41) is 0. The van der Waals surface area contributed by atoms with Gasteiger partial charge >= 0.3 is 0 Å². The summed E-state index contributed by atoms with van der Waals surface area (Å²) in [5.41, 5.74) is 0. The van der Waals surface area contributed by atoms with Gasteiger partial charge < -0.3 is 4.90 Å². The van der Waals surface area contributed by atoms with E-state index in [4.69, 9.17) is 0 Å². The largest absolute Gasteiger partial charge is 0.335 e. The molecule has 1 saturated heterocycles. The van der Waals surface area contributed by atoms with Gasteiger partial charge in [0.2, 0.25) is 20.0 Å². The lowest BCUT2D eigenvalue weighted by molar-refractivity contribution is 0.0703. The second kappa shape index (κ2) is 8.04. The van der Waals surface area contributed by atoms with E-state index in [0.717, 1.165) is 17.7 Å². The highest BCUT2D eigenvalue weighted by atomic mass is 32.2. The Kier molecular flexibility index (Phi) is 5.75. The second-order valence-corrected chi connectivity index (χ2v) is 12.4. The van der Waals surface area contributed by atoms with Crippen molar-refractivity contribution in [1.82, 2.24) is 13.9 Å². The van der Waals surface area contributed by atoms with Crippen LogP contribution in [0.3, 0.4) is 0 Å². The first-order chi connectivity index (χ1) is 14.2. The molecule has 1 amide bonds. The van der Waals surface area contributed by atoms with Crippen molar-refractivity contribution in [2.24, 2.45) is 0 Å². The van der Waals surface area contributed by atoms with E-state index in [9.17, 15) is 21.6 Å². The van der Waals surface area contributed by atoms with E-state index < -0.39 is 20.0 Å². The fourth-order valence-electron chi connectivity index (χ4n) is 3.27. The molecule has 2 fully saturated rings. The summed E-state index contributed by atoms with van der Waals surface area (Å²) in [5.74, 6) is -0.0807. The number of rotatable bonds is 6. The molecule has 11 heteroatoms. The van der Waals surface area contributed by atoms with E-state index in [1.807, 2.05) is 13.0 Å². The van der Waals surface area contributed by atoms with Crippen LogP contribution in [0.4, 0.5) is 0 Å². The number of benzene rings is 1. The lowest BCUT2D eigenvalue weighted by Crippen LogP contribution is -2.50. The van der Waals surface area contributed by atoms with E-state index in [1.54, 1.807) is 11.0 Å². The van der Waals surface area contributed by atoms with Crippen LogP contribution in [0.2, 0.25) is 0 Å². The highest BCUT2D eigenvalue weighted by Crippen LogP contribution is 2.24. The zero-order chi connectivity index (χ0) is 21.5. The van der Waals surface area contributed by atoms with Crippen LogP contribution in [0.5, 0.6) is 0 Å². The molecule has 1 aliphatic heterocycles. The molecule has 1 N–H and O–H groups in total. The van der Waals surface area contributed by atoms with Crippen molar-refractivity contribution in [1.29, 1.82) is 0 Å². The fourth-order valence-corrected chi connectivity index (χ4v) is 6.83. The van der Waals surface area contributed by atoms with Gasteiger partial charge in [-0.2, -0.15) is 4.31 Å². The lowest BCUT2D eigenvalue weighted by atomic mass is 10.3. The van der Waals surface area contributed by atoms with E-state index in [2.05, 4.69) is 4.72 Å². The number of carbonyl (C=O) groups excluding carboxylic acids is 1. The van der Waals surface area contributed by atoms with Crippen LogP contribution in [0.25, 0.3) is 0 Å². The highest BCUT2D eigenvalue weighted by molar-refractivity contribution is 7.89. The number of carbonyl (C=O) groups is 1. The summed E-state index contributed by atoms with van der Waals surface area (Å²) < 4.78 is 54.3. The van der Waals surface area contributed by atoms with Crippen LogP contribution < -0.4 is 4.72 Å². The molecule has 0 bridgehead atoms. The van der Waals surface area contributed by atoms with E-state index in [1.165, 1.54) is 39.9 Å². The predicted molar refractivity (Wildman–Crippen MR) is 114 cm³/mol. The molecule has 30 heavy (non-hydrogen) atoms. The molecular formula is C19H23N3O5S3. The molecule has 0 radical (unpaired) electrons. The molecule has 4 rings (SSSR count). The number of thiophene rings is 1. The van der Waals surface area contributed by atoms with Gasteiger partial charge in [0, 0.05) is 37.1 Å². The minimum absolute atomic E-state index is 0.0180. The Morgan fingerprint density at radius 3 is 2.07 bits per heavy atom. The number of hydrogen-bond donors (Lipinski definition) is 1. The van der Waals surface area contributed by atoms with E-state index >= 15 is 0 Å². The summed E-state index contributed by atoms with van der Waals surface area (Å²) in [6, 6.07) is 8.94. The van der Waals surface area contributed by atoms with Gasteiger partial charge in [-0.1, -0.05) is 0 Å². The Morgan fingerprint density at radius 2 is 1.53 bits per heavy atom. The fraction of sp³-hybridized carbons (Fsp3) is 0.421. The number of nitrogens with zero attached hydrogens (tertiary/aromatic N) is 2. The van der Waals surface area contributed by atoms with Crippen molar-refractivity contribution in [2.45, 2.75) is 35.6 Å². The first-order valence-corrected chi connectivity index (χ1v) is 13.4. The van der Waals surface area contributed by atoms with Gasteiger partial charge in [-0.3, -0.25) is 4.79 Å². The van der Waals surface area contributed by atoms with Gasteiger partial charge in [0.25, 0.3) is 5.91 Å². The van der Waals surface area contributed by atoms with Crippen LogP contribution in [-0.2, 0) is 20.0 Å². The maximum atomic E-state index is 12.9. The number of amides is 1. The normalized spacial score (nSPS) is 18.5. The van der Waals surface area contributed by atoms with Crippen molar-refractivity contribution in [2.75, 3.05) is 26.2 Å². The summed E-state index contributed by atoms with van der Waals surface area (Å²) in [4.78, 5) is 16.0. The van der Waals surface area contributed by atoms with Gasteiger partial charge in [-0.15, -0.1) is 11.3 Å². The summed E-state index contributed by atoms with van der Waals surface area (Å²) in [6.07, 6.45) is 1.65. The molecule has 1 aromatic carbocycles. The zero-order valence-electron chi connectivity index (χ0n) is 16.4. The molecule has 162 valence electrons. The van der Waals surface area contributed by atoms with Gasteiger partial charge in [0.05, 0.1) is 14.7 Å². The van der Waals surface area contributed by atoms with E-state index in [-0.39, 0.29) is 34.8 Å². The Morgan fingerprint density at radius 1 is 0.933 bits per heavy atom. The molecule has 1 aliphatic carbocycles. The van der Waals surface area contributed by atoms with Gasteiger partial charge in [0.15, 0.2) is 0 Å². The molecule has 2 aliphatic rings. The monoisotopic (exact) mass is 469 g/mol. The summed E-state index contributed by atoms with van der Waals surface area (Å²) in [7, 11) is -7.39. The molecule has 0 unspecified atom stereocenters. The Balaban J connectivity index is 1.42. The number of aryl methyl sites for hydroxylation is 1. The average molecular weight is 470 g/mol. The van der Waals surface area contributed by atoms with Crippen molar-refractivity contribution in [3.63, 3.8) is 0 Å². The highest BCUT2D eigenvalue weighted by Gasteiger charge is 2.32. The third-order valence-corrected chi connectivity index (χ3v) is 9.59. The number of sulfonamides is 2. The average Bonchev–Trinajstić information content (AvgIpc) is 3.43. The Bertz CT molecular complexity index is 1140. The molecular weight excluding hydrogens is 446 g/mol. The molecule has 8 nitrogen and oxygen atoms in total. The smallest absolute Gasteiger partial charge is 0.264 e. The van der Waals surface area contributed by atoms with Gasteiger partial charge in [0.1, 0.15) is 0 Å². The maximum Gasteiger partial charge on any atom is 0.264 e. The summed E-state index contributed by atoms with van der Waals surface area (Å²) >= 11 is 1.43. The Labute approximate surface area is 180 Å². The van der Waals surface area contributed by atoms with Crippen LogP contribution in [-0.4, -0.2) is 64.2 Å². The van der Waals surface area contributed by atoms with Crippen molar-refractivity contribution in [3.05, 3.63) is 46.2 Å². The standard InChI is InChI=1S/C19H23N3O5S3/c1-14-2-9-18(28-14)19(23)21-10-12-22(13-11-21)30(26,27)17-7-5-16(6-8-17)29(24,25)20-15-3-4-15/h2,5-9,15,20H,3-4,10-13H2,1H3. The minimum atomic E-state index is -3.76. The molecule has 2 heterocycles. The van der Waals surface area contributed by atoms with E-state index in [0.29, 0.717) is 18.0 Å². The van der Waals surface area contributed by atoms with Crippen molar-refractivity contribution >= 4 is 37.3 Å². The molecule has 1 aromatic heterocycles. The molecule has 0 spiro atoms. The quantitative estimate of drug-likeness (QED) is 0.693. The van der Waals surface area contributed by atoms with Crippen molar-refractivity contribution < 1.29 is 21.6 Å². The number of nitrogens with one attached hydrogen (secondary N) is 1. The second-order valence-electron chi connectivity index (χ2n) is 7.47. The first-order valence-electron chi connectivity index (χ1n) is 9.65. The van der Waals surface area contributed by atoms with Crippen LogP contribution in [0, 0.1) is 6.92 Å². The number of hydrogen-bond acceptors (Lipinski definition) is 6. The first kappa shape index (κ1) is 21.4. The topological polar surface area (TPSA) is 104 Å². The lowest BCUT2D eigenvalue weighted by Gasteiger charge is -2.33. The molecule has 0 atom stereocenters.